The Labute approximate surface area is 106 Å². The van der Waals surface area contributed by atoms with E-state index in [0.29, 0.717) is 12.3 Å². The van der Waals surface area contributed by atoms with Crippen molar-refractivity contribution in [1.29, 1.82) is 0 Å². The molecule has 0 spiro atoms. The zero-order chi connectivity index (χ0) is 13.0. The summed E-state index contributed by atoms with van der Waals surface area (Å²) in [5, 5.41) is 17.2. The number of aryl methyl sites for hydroxylation is 1. The van der Waals surface area contributed by atoms with Gasteiger partial charge in [0.1, 0.15) is 11.5 Å². The van der Waals surface area contributed by atoms with Gasteiger partial charge in [0, 0.05) is 30.9 Å². The molecule has 2 rings (SSSR count). The number of benzene rings is 1. The lowest BCUT2D eigenvalue weighted by Crippen LogP contribution is -1.99. The third-order valence-electron chi connectivity index (χ3n) is 2.73. The van der Waals surface area contributed by atoms with Gasteiger partial charge in [0.15, 0.2) is 0 Å². The van der Waals surface area contributed by atoms with Crippen LogP contribution in [0.1, 0.15) is 12.5 Å². The number of anilines is 1. The summed E-state index contributed by atoms with van der Waals surface area (Å²) in [6, 6.07) is 5.27. The average Bonchev–Trinajstić information content (AvgIpc) is 2.85. The molecule has 18 heavy (non-hydrogen) atoms. The van der Waals surface area contributed by atoms with Crippen LogP contribution in [-0.2, 0) is 13.1 Å². The quantitative estimate of drug-likeness (QED) is 0.850. The van der Waals surface area contributed by atoms with Crippen LogP contribution in [0.2, 0.25) is 0 Å². The average molecular weight is 247 g/mol. The van der Waals surface area contributed by atoms with Gasteiger partial charge in [-0.05, 0) is 19.1 Å². The molecule has 0 amide bonds. The minimum absolute atomic E-state index is 0.227. The van der Waals surface area contributed by atoms with E-state index in [1.54, 1.807) is 19.4 Å². The molecule has 96 valence electrons. The van der Waals surface area contributed by atoms with Crippen LogP contribution in [0.25, 0.3) is 0 Å². The highest BCUT2D eigenvalue weighted by Gasteiger charge is 2.03. The second-order valence-electron chi connectivity index (χ2n) is 3.93. The Morgan fingerprint density at radius 1 is 1.44 bits per heavy atom. The Morgan fingerprint density at radius 2 is 2.28 bits per heavy atom. The minimum atomic E-state index is 0.227. The lowest BCUT2D eigenvalue weighted by atomic mass is 10.2. The van der Waals surface area contributed by atoms with Crippen molar-refractivity contribution in [1.82, 2.24) is 9.78 Å². The van der Waals surface area contributed by atoms with Crippen molar-refractivity contribution in [3.05, 3.63) is 36.2 Å². The zero-order valence-electron chi connectivity index (χ0n) is 10.6. The van der Waals surface area contributed by atoms with E-state index in [1.165, 1.54) is 0 Å². The normalized spacial score (nSPS) is 10.3. The maximum atomic E-state index is 9.81. The number of nitrogens with zero attached hydrogens (tertiary/aromatic N) is 2. The number of phenols is 1. The van der Waals surface area contributed by atoms with Gasteiger partial charge in [0.25, 0.3) is 0 Å². The number of rotatable bonds is 5. The molecule has 1 aromatic carbocycles. The van der Waals surface area contributed by atoms with E-state index in [1.807, 2.05) is 29.9 Å². The van der Waals surface area contributed by atoms with Crippen molar-refractivity contribution in [2.45, 2.75) is 20.0 Å². The summed E-state index contributed by atoms with van der Waals surface area (Å²) in [7, 11) is 1.58. The highest BCUT2D eigenvalue weighted by Crippen LogP contribution is 2.24. The van der Waals surface area contributed by atoms with Crippen LogP contribution in [0.3, 0.4) is 0 Å². The number of ether oxygens (including phenoxy) is 1. The number of aromatic nitrogens is 2. The third kappa shape index (κ3) is 2.74. The number of aromatic hydroxyl groups is 1. The topological polar surface area (TPSA) is 59.3 Å². The summed E-state index contributed by atoms with van der Waals surface area (Å²) in [4.78, 5) is 0. The van der Waals surface area contributed by atoms with Gasteiger partial charge in [-0.15, -0.1) is 0 Å². The molecule has 2 aromatic rings. The first-order chi connectivity index (χ1) is 8.72. The fraction of sp³-hybridized carbons (Fsp3) is 0.308. The largest absolute Gasteiger partial charge is 0.507 e. The molecule has 0 unspecified atom stereocenters. The molecule has 0 atom stereocenters. The van der Waals surface area contributed by atoms with E-state index >= 15 is 0 Å². The van der Waals surface area contributed by atoms with Crippen LogP contribution in [0.15, 0.2) is 30.6 Å². The highest BCUT2D eigenvalue weighted by atomic mass is 16.5. The summed E-state index contributed by atoms with van der Waals surface area (Å²) >= 11 is 0. The van der Waals surface area contributed by atoms with E-state index in [4.69, 9.17) is 4.74 Å². The van der Waals surface area contributed by atoms with Crippen LogP contribution in [0.5, 0.6) is 11.5 Å². The van der Waals surface area contributed by atoms with Gasteiger partial charge in [-0.1, -0.05) is 0 Å². The summed E-state index contributed by atoms with van der Waals surface area (Å²) in [6.07, 6.45) is 3.70. The van der Waals surface area contributed by atoms with Gasteiger partial charge in [-0.3, -0.25) is 4.68 Å². The Hall–Kier alpha value is -2.17. The lowest BCUT2D eigenvalue weighted by molar-refractivity contribution is 0.406. The first kappa shape index (κ1) is 12.3. The second-order valence-corrected chi connectivity index (χ2v) is 3.93. The molecule has 0 radical (unpaired) electrons. The molecule has 1 heterocycles. The van der Waals surface area contributed by atoms with Crippen molar-refractivity contribution in [2.24, 2.45) is 0 Å². The van der Waals surface area contributed by atoms with Gasteiger partial charge >= 0.3 is 0 Å². The number of nitrogens with one attached hydrogen (secondary N) is 1. The predicted molar refractivity (Wildman–Crippen MR) is 69.9 cm³/mol. The molecule has 2 N–H and O–H groups in total. The van der Waals surface area contributed by atoms with Crippen LogP contribution < -0.4 is 10.1 Å². The first-order valence-electron chi connectivity index (χ1n) is 5.85. The van der Waals surface area contributed by atoms with Gasteiger partial charge in [0.2, 0.25) is 0 Å². The van der Waals surface area contributed by atoms with Crippen LogP contribution in [0, 0.1) is 0 Å². The molecule has 0 aliphatic heterocycles. The van der Waals surface area contributed by atoms with Gasteiger partial charge in [-0.25, -0.2) is 0 Å². The number of hydrogen-bond donors (Lipinski definition) is 2. The Kier molecular flexibility index (Phi) is 3.72. The van der Waals surface area contributed by atoms with Crippen LogP contribution >= 0.6 is 0 Å². The van der Waals surface area contributed by atoms with Gasteiger partial charge in [-0.2, -0.15) is 5.10 Å². The van der Waals surface area contributed by atoms with Crippen molar-refractivity contribution in [2.75, 3.05) is 12.4 Å². The van der Waals surface area contributed by atoms with E-state index in [0.717, 1.165) is 17.8 Å². The minimum Gasteiger partial charge on any atom is -0.507 e. The maximum absolute atomic E-state index is 9.81. The summed E-state index contributed by atoms with van der Waals surface area (Å²) < 4.78 is 6.88. The second kappa shape index (κ2) is 5.44. The molecule has 0 aliphatic carbocycles. The lowest BCUT2D eigenvalue weighted by Gasteiger charge is -2.07. The van der Waals surface area contributed by atoms with E-state index in [2.05, 4.69) is 10.4 Å². The van der Waals surface area contributed by atoms with Crippen molar-refractivity contribution in [3.8, 4) is 11.5 Å². The molecule has 5 nitrogen and oxygen atoms in total. The Balaban J connectivity index is 2.01. The summed E-state index contributed by atoms with van der Waals surface area (Å²) in [5.41, 5.74) is 1.76. The molecule has 0 aliphatic rings. The summed E-state index contributed by atoms with van der Waals surface area (Å²) in [5.74, 6) is 0.875. The molecular weight excluding hydrogens is 230 g/mol. The number of methoxy groups -OCH3 is 1. The first-order valence-corrected chi connectivity index (χ1v) is 5.85. The fourth-order valence-corrected chi connectivity index (χ4v) is 1.65. The molecule has 0 saturated carbocycles. The van der Waals surface area contributed by atoms with Crippen molar-refractivity contribution >= 4 is 5.69 Å². The fourth-order valence-electron chi connectivity index (χ4n) is 1.65. The van der Waals surface area contributed by atoms with E-state index in [9.17, 15) is 5.11 Å². The third-order valence-corrected chi connectivity index (χ3v) is 2.73. The van der Waals surface area contributed by atoms with Crippen LogP contribution in [-0.4, -0.2) is 22.0 Å². The van der Waals surface area contributed by atoms with Gasteiger partial charge < -0.3 is 15.2 Å². The molecule has 5 heteroatoms. The van der Waals surface area contributed by atoms with Gasteiger partial charge in [0.05, 0.1) is 19.0 Å². The van der Waals surface area contributed by atoms with Crippen molar-refractivity contribution in [3.63, 3.8) is 0 Å². The SMILES string of the molecule is CCn1cc(NCc2ccc(OC)cc2O)cn1. The predicted octanol–water partition coefficient (Wildman–Crippen LogP) is 2.23. The monoisotopic (exact) mass is 247 g/mol. The number of hydrogen-bond acceptors (Lipinski definition) is 4. The molecule has 0 bridgehead atoms. The molecule has 0 fully saturated rings. The highest BCUT2D eigenvalue weighted by molar-refractivity contribution is 5.44. The number of phenolic OH excluding ortho intramolecular Hbond substituents is 1. The van der Waals surface area contributed by atoms with Crippen molar-refractivity contribution < 1.29 is 9.84 Å². The van der Waals surface area contributed by atoms with E-state index in [-0.39, 0.29) is 5.75 Å². The molecule has 1 aromatic heterocycles. The maximum Gasteiger partial charge on any atom is 0.124 e. The molecule has 0 saturated heterocycles. The Morgan fingerprint density at radius 3 is 2.89 bits per heavy atom. The Bertz CT molecular complexity index is 523. The summed E-state index contributed by atoms with van der Waals surface area (Å²) in [6.45, 7) is 3.42. The van der Waals surface area contributed by atoms with Crippen LogP contribution in [0.4, 0.5) is 5.69 Å². The van der Waals surface area contributed by atoms with E-state index < -0.39 is 0 Å². The smallest absolute Gasteiger partial charge is 0.124 e. The molecular formula is C13H17N3O2. The standard InChI is InChI=1S/C13H17N3O2/c1-3-16-9-11(8-15-16)14-7-10-4-5-12(18-2)6-13(10)17/h4-6,8-9,14,17H,3,7H2,1-2H3. The zero-order valence-corrected chi connectivity index (χ0v) is 10.6.